The number of benzene rings is 1. The third-order valence-corrected chi connectivity index (χ3v) is 1.62. The minimum Gasteiger partial charge on any atom is -0.396 e. The third-order valence-electron chi connectivity index (χ3n) is 1.62. The van der Waals surface area contributed by atoms with Crippen LogP contribution >= 0.6 is 0 Å². The predicted molar refractivity (Wildman–Crippen MR) is 44.1 cm³/mol. The maximum Gasteiger partial charge on any atom is 0.214 e. The number of anilines is 1. The third kappa shape index (κ3) is 1.35. The number of hydrogen-bond acceptors (Lipinski definition) is 4. The Kier molecular flexibility index (Phi) is 1.70. The van der Waals surface area contributed by atoms with Gasteiger partial charge >= 0.3 is 0 Å². The van der Waals surface area contributed by atoms with Gasteiger partial charge in [-0.2, -0.15) is 4.98 Å². The second-order valence-corrected chi connectivity index (χ2v) is 2.49. The molecule has 2 N–H and O–H groups in total. The van der Waals surface area contributed by atoms with Crippen molar-refractivity contribution in [3.05, 3.63) is 30.4 Å². The quantitative estimate of drug-likeness (QED) is 0.673. The van der Waals surface area contributed by atoms with Crippen molar-refractivity contribution in [2.24, 2.45) is 0 Å². The zero-order chi connectivity index (χ0) is 9.26. The maximum absolute atomic E-state index is 13.0. The molecule has 5 heteroatoms. The Morgan fingerprint density at radius 1 is 1.38 bits per heavy atom. The number of rotatable bonds is 1. The molecule has 13 heavy (non-hydrogen) atoms. The Balaban J connectivity index is 2.49. The van der Waals surface area contributed by atoms with E-state index in [9.17, 15) is 4.39 Å². The van der Waals surface area contributed by atoms with Crippen LogP contribution in [-0.4, -0.2) is 10.1 Å². The van der Waals surface area contributed by atoms with Crippen LogP contribution in [0.2, 0.25) is 0 Å². The highest BCUT2D eigenvalue weighted by molar-refractivity contribution is 5.58. The molecule has 66 valence electrons. The fourth-order valence-electron chi connectivity index (χ4n) is 0.964. The van der Waals surface area contributed by atoms with E-state index in [0.29, 0.717) is 11.4 Å². The van der Waals surface area contributed by atoms with Gasteiger partial charge in [-0.15, -0.1) is 0 Å². The first kappa shape index (κ1) is 7.72. The van der Waals surface area contributed by atoms with Gasteiger partial charge in [0.25, 0.3) is 0 Å². The summed E-state index contributed by atoms with van der Waals surface area (Å²) in [5.74, 6) is -0.138. The largest absolute Gasteiger partial charge is 0.396 e. The Morgan fingerprint density at radius 2 is 2.23 bits per heavy atom. The van der Waals surface area contributed by atoms with Crippen molar-refractivity contribution in [3.63, 3.8) is 0 Å². The fourth-order valence-corrected chi connectivity index (χ4v) is 0.964. The van der Waals surface area contributed by atoms with E-state index in [4.69, 9.17) is 5.73 Å². The molecule has 0 radical (unpaired) electrons. The first-order valence-corrected chi connectivity index (χ1v) is 3.59. The Bertz CT molecular complexity index is 413. The second kappa shape index (κ2) is 2.85. The topological polar surface area (TPSA) is 64.9 Å². The number of hydrogen-bond donors (Lipinski definition) is 1. The van der Waals surface area contributed by atoms with Gasteiger partial charge in [-0.3, -0.25) is 0 Å². The Labute approximate surface area is 73.2 Å². The molecule has 0 bridgehead atoms. The monoisotopic (exact) mass is 179 g/mol. The molecule has 4 nitrogen and oxygen atoms in total. The molecule has 2 aromatic rings. The van der Waals surface area contributed by atoms with Gasteiger partial charge in [0.2, 0.25) is 12.2 Å². The average molecular weight is 179 g/mol. The van der Waals surface area contributed by atoms with E-state index in [1.807, 2.05) is 0 Å². The van der Waals surface area contributed by atoms with E-state index in [0.717, 1.165) is 0 Å². The molecule has 1 heterocycles. The van der Waals surface area contributed by atoms with Crippen LogP contribution < -0.4 is 5.73 Å². The number of nitrogen functional groups attached to an aromatic ring is 1. The van der Waals surface area contributed by atoms with Gasteiger partial charge < -0.3 is 10.3 Å². The Hall–Kier alpha value is -1.91. The highest BCUT2D eigenvalue weighted by Crippen LogP contribution is 2.19. The van der Waals surface area contributed by atoms with Gasteiger partial charge in [-0.1, -0.05) is 5.16 Å². The zero-order valence-electron chi connectivity index (χ0n) is 6.57. The van der Waals surface area contributed by atoms with Crippen molar-refractivity contribution >= 4 is 5.69 Å². The molecule has 0 aliphatic carbocycles. The molecular weight excluding hydrogens is 173 g/mol. The van der Waals surface area contributed by atoms with E-state index in [1.165, 1.54) is 18.5 Å². The molecule has 0 spiro atoms. The van der Waals surface area contributed by atoms with Crippen LogP contribution in [0.1, 0.15) is 0 Å². The van der Waals surface area contributed by atoms with Gasteiger partial charge in [0.1, 0.15) is 5.82 Å². The van der Waals surface area contributed by atoms with E-state index < -0.39 is 5.82 Å². The first-order chi connectivity index (χ1) is 6.27. The number of aromatic nitrogens is 2. The minimum absolute atomic E-state index is 0.104. The molecule has 2 rings (SSSR count). The predicted octanol–water partition coefficient (Wildman–Crippen LogP) is 1.46. The van der Waals surface area contributed by atoms with Crippen LogP contribution in [0.5, 0.6) is 0 Å². The molecule has 0 fully saturated rings. The van der Waals surface area contributed by atoms with Crippen molar-refractivity contribution in [1.29, 1.82) is 0 Å². The molecule has 0 atom stereocenters. The lowest BCUT2D eigenvalue weighted by Crippen LogP contribution is -1.90. The van der Waals surface area contributed by atoms with E-state index in [-0.39, 0.29) is 5.69 Å². The lowest BCUT2D eigenvalue weighted by molar-refractivity contribution is 0.418. The van der Waals surface area contributed by atoms with Crippen molar-refractivity contribution in [2.45, 2.75) is 0 Å². The summed E-state index contributed by atoms with van der Waals surface area (Å²) in [5.41, 5.74) is 5.95. The van der Waals surface area contributed by atoms with Gasteiger partial charge in [0.15, 0.2) is 0 Å². The fraction of sp³-hybridized carbons (Fsp3) is 0. The molecular formula is C8H6FN3O. The molecule has 0 saturated heterocycles. The SMILES string of the molecule is Nc1ccc(-c2ncon2)cc1F. The smallest absolute Gasteiger partial charge is 0.214 e. The normalized spacial score (nSPS) is 10.2. The van der Waals surface area contributed by atoms with Crippen LogP contribution in [0.4, 0.5) is 10.1 Å². The summed E-state index contributed by atoms with van der Waals surface area (Å²) in [5, 5.41) is 3.56. The van der Waals surface area contributed by atoms with Crippen molar-refractivity contribution in [3.8, 4) is 11.4 Å². The molecule has 0 unspecified atom stereocenters. The highest BCUT2D eigenvalue weighted by atomic mass is 19.1. The number of nitrogens with two attached hydrogens (primary N) is 1. The van der Waals surface area contributed by atoms with Gasteiger partial charge in [0, 0.05) is 5.56 Å². The minimum atomic E-state index is -0.484. The summed E-state index contributed by atoms with van der Waals surface area (Å²) < 4.78 is 17.5. The molecule has 0 aliphatic rings. The van der Waals surface area contributed by atoms with Gasteiger partial charge in [0.05, 0.1) is 5.69 Å². The standard InChI is InChI=1S/C8H6FN3O/c9-6-3-5(1-2-7(6)10)8-11-4-13-12-8/h1-4H,10H2. The first-order valence-electron chi connectivity index (χ1n) is 3.59. The van der Waals surface area contributed by atoms with Crippen LogP contribution in [0.25, 0.3) is 11.4 Å². The summed E-state index contributed by atoms with van der Waals surface area (Å²) in [4.78, 5) is 3.77. The summed E-state index contributed by atoms with van der Waals surface area (Å²) in [6, 6.07) is 4.35. The number of nitrogens with zero attached hydrogens (tertiary/aromatic N) is 2. The second-order valence-electron chi connectivity index (χ2n) is 2.49. The molecule has 1 aromatic carbocycles. The van der Waals surface area contributed by atoms with E-state index in [1.54, 1.807) is 6.07 Å². The van der Waals surface area contributed by atoms with Crippen LogP contribution in [0.3, 0.4) is 0 Å². The van der Waals surface area contributed by atoms with Crippen LogP contribution in [0, 0.1) is 5.82 Å². The molecule has 0 saturated carbocycles. The van der Waals surface area contributed by atoms with E-state index in [2.05, 4.69) is 14.7 Å². The van der Waals surface area contributed by atoms with Crippen molar-refractivity contribution in [1.82, 2.24) is 10.1 Å². The summed E-state index contributed by atoms with van der Waals surface area (Å²) in [6.07, 6.45) is 1.18. The average Bonchev–Trinajstić information content (AvgIpc) is 2.62. The lowest BCUT2D eigenvalue weighted by Gasteiger charge is -1.97. The highest BCUT2D eigenvalue weighted by Gasteiger charge is 2.05. The van der Waals surface area contributed by atoms with Crippen molar-refractivity contribution < 1.29 is 8.91 Å². The summed E-state index contributed by atoms with van der Waals surface area (Å²) in [7, 11) is 0. The van der Waals surface area contributed by atoms with Crippen molar-refractivity contribution in [2.75, 3.05) is 5.73 Å². The Morgan fingerprint density at radius 3 is 2.85 bits per heavy atom. The molecule has 0 aliphatic heterocycles. The van der Waals surface area contributed by atoms with Crippen LogP contribution in [-0.2, 0) is 0 Å². The zero-order valence-corrected chi connectivity index (χ0v) is 6.57. The van der Waals surface area contributed by atoms with Gasteiger partial charge in [-0.25, -0.2) is 4.39 Å². The maximum atomic E-state index is 13.0. The molecule has 1 aromatic heterocycles. The van der Waals surface area contributed by atoms with Gasteiger partial charge in [-0.05, 0) is 18.2 Å². The summed E-state index contributed by atoms with van der Waals surface area (Å²) >= 11 is 0. The summed E-state index contributed by atoms with van der Waals surface area (Å²) in [6.45, 7) is 0. The van der Waals surface area contributed by atoms with E-state index >= 15 is 0 Å². The molecule has 0 amide bonds. The number of halogens is 1. The van der Waals surface area contributed by atoms with Crippen LogP contribution in [0.15, 0.2) is 29.1 Å². The lowest BCUT2D eigenvalue weighted by atomic mass is 10.2.